The average Bonchev–Trinajstić information content (AvgIpc) is 3.41. The van der Waals surface area contributed by atoms with Crippen LogP contribution in [-0.2, 0) is 29.6 Å². The van der Waals surface area contributed by atoms with Crippen LogP contribution in [-0.4, -0.2) is 14.7 Å². The van der Waals surface area contributed by atoms with E-state index in [2.05, 4.69) is 18.2 Å². The second kappa shape index (κ2) is 10.4. The largest absolute Gasteiger partial charge is 0.287 e. The van der Waals surface area contributed by atoms with Gasteiger partial charge in [0.15, 0.2) is 5.16 Å². The van der Waals surface area contributed by atoms with E-state index in [1.54, 1.807) is 0 Å². The third kappa shape index (κ3) is 4.93. The van der Waals surface area contributed by atoms with Crippen molar-refractivity contribution in [1.29, 1.82) is 0 Å². The topological polar surface area (TPSA) is 52.0 Å². The maximum atomic E-state index is 14.5. The van der Waals surface area contributed by atoms with Crippen molar-refractivity contribution >= 4 is 28.5 Å². The van der Waals surface area contributed by atoms with Crippen molar-refractivity contribution in [3.8, 4) is 11.3 Å². The Morgan fingerprint density at radius 1 is 1.00 bits per heavy atom. The lowest BCUT2D eigenvalue weighted by Crippen LogP contribution is -2.43. The summed E-state index contributed by atoms with van der Waals surface area (Å²) >= 11 is 7.16. The van der Waals surface area contributed by atoms with E-state index < -0.39 is 0 Å². The minimum atomic E-state index is -0.139. The van der Waals surface area contributed by atoms with Gasteiger partial charge in [-0.3, -0.25) is 14.2 Å². The molecule has 0 atom stereocenters. The zero-order valence-electron chi connectivity index (χ0n) is 21.2. The first kappa shape index (κ1) is 24.9. The molecule has 2 saturated carbocycles. The Bertz CT molecular complexity index is 1370. The molecule has 3 aromatic rings. The molecule has 192 valence electrons. The fraction of sp³-hybridized carbons (Fsp3) is 0.452. The highest BCUT2D eigenvalue weighted by atomic mass is 35.5. The standard InChI is InChI=1S/C31H33ClN2O2S/c32-24-14-12-21(13-15-24)18-26(35)37-30-33-28-25-11-5-4-10-23(25)19-31(16-6-1-7-17-31)27(28)29(36)34(30)20-22-8-2-3-9-22/h4-5,10-15,22H,1-3,6-9,16-20H2. The van der Waals surface area contributed by atoms with Crippen LogP contribution in [0.5, 0.6) is 0 Å². The van der Waals surface area contributed by atoms with Crippen LogP contribution in [0, 0.1) is 5.92 Å². The normalized spacial score (nSPS) is 18.5. The second-order valence-electron chi connectivity index (χ2n) is 11.1. The van der Waals surface area contributed by atoms with Crippen LogP contribution in [0.15, 0.2) is 58.5 Å². The van der Waals surface area contributed by atoms with Crippen LogP contribution >= 0.6 is 23.4 Å². The Morgan fingerprint density at radius 3 is 2.49 bits per heavy atom. The van der Waals surface area contributed by atoms with Crippen molar-refractivity contribution in [2.45, 2.75) is 87.7 Å². The first-order valence-electron chi connectivity index (χ1n) is 13.7. The molecule has 3 aliphatic carbocycles. The Labute approximate surface area is 227 Å². The minimum absolute atomic E-state index is 0.00850. The SMILES string of the molecule is O=C(Cc1ccc(Cl)cc1)Sc1nc2c(c(=O)n1CC1CCCC1)C1(CCCCC1)Cc1ccccc1-2. The summed E-state index contributed by atoms with van der Waals surface area (Å²) in [6.07, 6.45) is 11.5. The summed E-state index contributed by atoms with van der Waals surface area (Å²) in [4.78, 5) is 32.9. The predicted molar refractivity (Wildman–Crippen MR) is 150 cm³/mol. The summed E-state index contributed by atoms with van der Waals surface area (Å²) in [6, 6.07) is 15.8. The van der Waals surface area contributed by atoms with E-state index in [1.165, 1.54) is 24.8 Å². The number of fused-ring (bicyclic) bond motifs is 4. The van der Waals surface area contributed by atoms with Crippen molar-refractivity contribution < 1.29 is 4.79 Å². The Morgan fingerprint density at radius 2 is 1.73 bits per heavy atom. The van der Waals surface area contributed by atoms with Gasteiger partial charge in [0, 0.05) is 29.0 Å². The zero-order chi connectivity index (χ0) is 25.4. The lowest BCUT2D eigenvalue weighted by molar-refractivity contribution is -0.110. The molecule has 0 unspecified atom stereocenters. The van der Waals surface area contributed by atoms with Crippen LogP contribution in [0.1, 0.15) is 74.5 Å². The molecule has 2 fully saturated rings. The van der Waals surface area contributed by atoms with E-state index in [0.29, 0.717) is 22.6 Å². The van der Waals surface area contributed by atoms with E-state index in [0.717, 1.165) is 79.1 Å². The van der Waals surface area contributed by atoms with Crippen LogP contribution in [0.25, 0.3) is 11.3 Å². The number of carbonyl (C=O) groups is 1. The fourth-order valence-electron chi connectivity index (χ4n) is 6.82. The maximum Gasteiger partial charge on any atom is 0.258 e. The summed E-state index contributed by atoms with van der Waals surface area (Å²) in [5.74, 6) is 0.474. The number of halogens is 1. The maximum absolute atomic E-state index is 14.5. The number of rotatable bonds is 5. The molecule has 37 heavy (non-hydrogen) atoms. The number of benzene rings is 2. The quantitative estimate of drug-likeness (QED) is 0.254. The van der Waals surface area contributed by atoms with Crippen LogP contribution in [0.2, 0.25) is 5.02 Å². The van der Waals surface area contributed by atoms with Gasteiger partial charge >= 0.3 is 0 Å². The molecule has 1 heterocycles. The monoisotopic (exact) mass is 532 g/mol. The number of hydrogen-bond donors (Lipinski definition) is 0. The molecule has 6 heteroatoms. The number of aromatic nitrogens is 2. The summed E-state index contributed by atoms with van der Waals surface area (Å²) < 4.78 is 1.88. The highest BCUT2D eigenvalue weighted by molar-refractivity contribution is 8.13. The highest BCUT2D eigenvalue weighted by Crippen LogP contribution is 2.49. The summed E-state index contributed by atoms with van der Waals surface area (Å²) in [6.45, 7) is 0.660. The van der Waals surface area contributed by atoms with E-state index in [4.69, 9.17) is 16.6 Å². The number of hydrogen-bond acceptors (Lipinski definition) is 4. The Balaban J connectivity index is 1.45. The molecule has 0 radical (unpaired) electrons. The molecular formula is C31H33ClN2O2S. The van der Waals surface area contributed by atoms with E-state index in [-0.39, 0.29) is 22.5 Å². The number of thioether (sulfide) groups is 1. The van der Waals surface area contributed by atoms with Gasteiger partial charge in [0.2, 0.25) is 5.12 Å². The molecule has 0 bridgehead atoms. The smallest absolute Gasteiger partial charge is 0.258 e. The van der Waals surface area contributed by atoms with Crippen molar-refractivity contribution in [3.05, 3.63) is 80.6 Å². The third-order valence-corrected chi connectivity index (χ3v) is 9.78. The molecule has 0 N–H and O–H groups in total. The molecule has 4 nitrogen and oxygen atoms in total. The van der Waals surface area contributed by atoms with Gasteiger partial charge in [0.25, 0.3) is 5.56 Å². The first-order chi connectivity index (χ1) is 18.0. The Kier molecular flexibility index (Phi) is 7.02. The fourth-order valence-corrected chi connectivity index (χ4v) is 7.79. The highest BCUT2D eigenvalue weighted by Gasteiger charge is 2.43. The van der Waals surface area contributed by atoms with Gasteiger partial charge in [0.05, 0.1) is 11.3 Å². The third-order valence-electron chi connectivity index (χ3n) is 8.66. The molecule has 1 aromatic heterocycles. The molecule has 0 saturated heterocycles. The lowest BCUT2D eigenvalue weighted by Gasteiger charge is -2.42. The van der Waals surface area contributed by atoms with E-state index >= 15 is 0 Å². The van der Waals surface area contributed by atoms with Crippen LogP contribution in [0.4, 0.5) is 0 Å². The summed E-state index contributed by atoms with van der Waals surface area (Å²) in [5, 5.41) is 1.20. The van der Waals surface area contributed by atoms with Crippen LogP contribution < -0.4 is 5.56 Å². The van der Waals surface area contributed by atoms with Crippen molar-refractivity contribution in [1.82, 2.24) is 9.55 Å². The zero-order valence-corrected chi connectivity index (χ0v) is 22.8. The van der Waals surface area contributed by atoms with Gasteiger partial charge in [0.1, 0.15) is 0 Å². The predicted octanol–water partition coefficient (Wildman–Crippen LogP) is 7.37. The number of carbonyl (C=O) groups excluding carboxylic acids is 1. The first-order valence-corrected chi connectivity index (χ1v) is 14.9. The molecule has 2 aromatic carbocycles. The number of nitrogens with zero attached hydrogens (tertiary/aromatic N) is 2. The molecule has 0 aliphatic heterocycles. The summed E-state index contributed by atoms with van der Waals surface area (Å²) in [7, 11) is 0. The molecular weight excluding hydrogens is 500 g/mol. The second-order valence-corrected chi connectivity index (χ2v) is 12.6. The molecule has 0 amide bonds. The molecule has 1 spiro atoms. The van der Waals surface area contributed by atoms with Crippen molar-refractivity contribution in [3.63, 3.8) is 0 Å². The summed E-state index contributed by atoms with van der Waals surface area (Å²) in [5.41, 5.74) is 4.94. The van der Waals surface area contributed by atoms with Gasteiger partial charge < -0.3 is 0 Å². The van der Waals surface area contributed by atoms with Gasteiger partial charge in [-0.25, -0.2) is 4.98 Å². The van der Waals surface area contributed by atoms with Crippen LogP contribution in [0.3, 0.4) is 0 Å². The van der Waals surface area contributed by atoms with Gasteiger partial charge in [-0.1, -0.05) is 80.1 Å². The van der Waals surface area contributed by atoms with E-state index in [1.807, 2.05) is 34.9 Å². The molecule has 6 rings (SSSR count). The van der Waals surface area contributed by atoms with Gasteiger partial charge in [-0.2, -0.15) is 0 Å². The lowest BCUT2D eigenvalue weighted by atomic mass is 9.62. The van der Waals surface area contributed by atoms with Gasteiger partial charge in [-0.15, -0.1) is 0 Å². The van der Waals surface area contributed by atoms with Crippen molar-refractivity contribution in [2.75, 3.05) is 0 Å². The Hall–Kier alpha value is -2.37. The minimum Gasteiger partial charge on any atom is -0.287 e. The van der Waals surface area contributed by atoms with Crippen molar-refractivity contribution in [2.24, 2.45) is 5.92 Å². The van der Waals surface area contributed by atoms with E-state index in [9.17, 15) is 9.59 Å². The average molecular weight is 533 g/mol. The molecule has 3 aliphatic rings. The van der Waals surface area contributed by atoms with Gasteiger partial charge in [-0.05, 0) is 73.0 Å².